The molecule has 2 bridgehead atoms. The Kier molecular flexibility index (Phi) is 4.89. The molecule has 2 saturated carbocycles. The van der Waals surface area contributed by atoms with Gasteiger partial charge in [0.15, 0.2) is 0 Å². The molecule has 0 amide bonds. The topological polar surface area (TPSA) is 85.8 Å². The Labute approximate surface area is 216 Å². The lowest BCUT2D eigenvalue weighted by Crippen LogP contribution is -2.72. The summed E-state index contributed by atoms with van der Waals surface area (Å²) in [5.41, 5.74) is -1.02. The molecule has 9 unspecified atom stereocenters. The van der Waals surface area contributed by atoms with Crippen LogP contribution in [0.5, 0.6) is 0 Å². The van der Waals surface area contributed by atoms with E-state index in [4.69, 9.17) is 4.74 Å². The second-order valence-corrected chi connectivity index (χ2v) is 13.0. The van der Waals surface area contributed by atoms with Crippen molar-refractivity contribution in [2.75, 3.05) is 14.1 Å². The average molecular weight is 509 g/mol. The summed E-state index contributed by atoms with van der Waals surface area (Å²) in [6.07, 6.45) is 6.16. The first-order valence-electron chi connectivity index (χ1n) is 13.8. The van der Waals surface area contributed by atoms with Gasteiger partial charge in [0.05, 0.1) is 17.8 Å². The number of nitrogens with zero attached hydrogens (tertiary/aromatic N) is 1. The molecular weight excluding hydrogens is 471 g/mol. The van der Waals surface area contributed by atoms with Crippen LogP contribution in [0, 0.1) is 17.3 Å². The molecule has 1 aromatic heterocycles. The molecule has 1 aromatic carbocycles. The van der Waals surface area contributed by atoms with Crippen molar-refractivity contribution in [1.82, 2.24) is 9.88 Å². The summed E-state index contributed by atoms with van der Waals surface area (Å²) < 4.78 is 24.3. The van der Waals surface area contributed by atoms with Crippen LogP contribution in [0.15, 0.2) is 41.3 Å². The predicted octanol–water partition coefficient (Wildman–Crippen LogP) is 3.80. The molecule has 5 aliphatic rings. The number of allylic oxidation sites excluding steroid dienone is 2. The molecule has 4 fully saturated rings. The monoisotopic (exact) mass is 508 g/mol. The van der Waals surface area contributed by atoms with Gasteiger partial charge in [-0.3, -0.25) is 4.79 Å². The molecule has 6 nitrogen and oxygen atoms in total. The molecule has 2 spiro atoms. The standard InChI is InChI=1S/C30H37FN2O4/c1-27-9-11-29(31)15-21-24(34)25(35)22(33(2)3)16-28(21)10-12-30(29,37-28)23(27)7-6-20(27)18-4-5-19-17(14-18)8-13-32-26(19)36/h4-6,8,13-14,21-25,34-35H,7,9-12,15-16H2,1-3H3,(H,32,36). The number of rotatable bonds is 2. The quantitative estimate of drug-likeness (QED) is 0.575. The molecule has 3 aliphatic carbocycles. The molecular formula is C30H37FN2O4. The summed E-state index contributed by atoms with van der Waals surface area (Å²) in [5.74, 6) is -0.387. The zero-order valence-corrected chi connectivity index (χ0v) is 21.8. The van der Waals surface area contributed by atoms with Gasteiger partial charge in [-0.2, -0.15) is 0 Å². The number of fused-ring (bicyclic) bond motifs is 2. The minimum atomic E-state index is -1.52. The minimum absolute atomic E-state index is 0.00532. The van der Waals surface area contributed by atoms with Crippen molar-refractivity contribution in [3.63, 3.8) is 0 Å². The first-order chi connectivity index (χ1) is 17.5. The number of halogens is 1. The highest BCUT2D eigenvalue weighted by Gasteiger charge is 2.77. The molecule has 2 aliphatic heterocycles. The van der Waals surface area contributed by atoms with E-state index in [0.29, 0.717) is 31.1 Å². The highest BCUT2D eigenvalue weighted by atomic mass is 19.1. The molecule has 9 atom stereocenters. The van der Waals surface area contributed by atoms with Gasteiger partial charge in [-0.25, -0.2) is 4.39 Å². The van der Waals surface area contributed by atoms with Crippen molar-refractivity contribution >= 4 is 16.3 Å². The van der Waals surface area contributed by atoms with Crippen LogP contribution in [0.25, 0.3) is 16.3 Å². The number of H-pyrrole nitrogens is 1. The largest absolute Gasteiger partial charge is 0.390 e. The molecule has 7 rings (SSSR count). The van der Waals surface area contributed by atoms with Crippen LogP contribution in [0.1, 0.15) is 57.4 Å². The number of nitrogens with one attached hydrogen (secondary N) is 1. The van der Waals surface area contributed by atoms with Gasteiger partial charge in [0.1, 0.15) is 11.3 Å². The number of aliphatic hydroxyl groups excluding tert-OH is 2. The fourth-order valence-corrected chi connectivity index (χ4v) is 9.37. The van der Waals surface area contributed by atoms with E-state index in [9.17, 15) is 15.0 Å². The number of aromatic nitrogens is 1. The lowest BCUT2D eigenvalue weighted by molar-refractivity contribution is -0.314. The van der Waals surface area contributed by atoms with E-state index in [1.807, 2.05) is 37.2 Å². The first-order valence-corrected chi connectivity index (χ1v) is 13.8. The number of benzene rings is 1. The zero-order chi connectivity index (χ0) is 26.0. The lowest BCUT2D eigenvalue weighted by atomic mass is 9.51. The summed E-state index contributed by atoms with van der Waals surface area (Å²) in [6.45, 7) is 2.27. The third-order valence-corrected chi connectivity index (χ3v) is 11.3. The Hall–Kier alpha value is -2.06. The third-order valence-electron chi connectivity index (χ3n) is 11.3. The van der Waals surface area contributed by atoms with Crippen LogP contribution in [-0.4, -0.2) is 69.3 Å². The van der Waals surface area contributed by atoms with Gasteiger partial charge in [-0.1, -0.05) is 19.1 Å². The fraction of sp³-hybridized carbons (Fsp3) is 0.633. The summed E-state index contributed by atoms with van der Waals surface area (Å²) in [5, 5.41) is 23.7. The Morgan fingerprint density at radius 3 is 2.68 bits per heavy atom. The molecule has 3 N–H and O–H groups in total. The number of aliphatic hydroxyl groups is 2. The maximum atomic E-state index is 17.2. The Balaban J connectivity index is 1.27. The van der Waals surface area contributed by atoms with Gasteiger partial charge in [-0.05, 0) is 99.2 Å². The first kappa shape index (κ1) is 24.0. The maximum Gasteiger partial charge on any atom is 0.255 e. The van der Waals surface area contributed by atoms with E-state index in [1.54, 1.807) is 6.20 Å². The number of hydrogen-bond donors (Lipinski definition) is 3. The van der Waals surface area contributed by atoms with Crippen molar-refractivity contribution < 1.29 is 19.3 Å². The van der Waals surface area contributed by atoms with Gasteiger partial charge in [0.2, 0.25) is 0 Å². The van der Waals surface area contributed by atoms with Gasteiger partial charge >= 0.3 is 0 Å². The summed E-state index contributed by atoms with van der Waals surface area (Å²) in [7, 11) is 3.85. The third kappa shape index (κ3) is 2.92. The summed E-state index contributed by atoms with van der Waals surface area (Å²) >= 11 is 0. The fourth-order valence-electron chi connectivity index (χ4n) is 9.37. The highest BCUT2D eigenvalue weighted by molar-refractivity contribution is 5.87. The van der Waals surface area contributed by atoms with Crippen LogP contribution >= 0.6 is 0 Å². The SMILES string of the molecule is CN(C)C1CC23CCC4(O2)C2CC=C(c5ccc6c(=O)[nH]ccc6c5)C2(C)CCC4(F)CC3C(O)C1O. The number of pyridine rings is 1. The molecule has 3 heterocycles. The molecule has 2 aromatic rings. The number of alkyl halides is 1. The second-order valence-electron chi connectivity index (χ2n) is 13.0. The Bertz CT molecular complexity index is 1370. The molecule has 198 valence electrons. The van der Waals surface area contributed by atoms with Gasteiger partial charge in [0.25, 0.3) is 5.56 Å². The molecule has 37 heavy (non-hydrogen) atoms. The normalized spacial score (nSPS) is 46.5. The maximum absolute atomic E-state index is 17.2. The van der Waals surface area contributed by atoms with Crippen molar-refractivity contribution in [1.29, 1.82) is 0 Å². The highest BCUT2D eigenvalue weighted by Crippen LogP contribution is 2.72. The van der Waals surface area contributed by atoms with Crippen LogP contribution in [-0.2, 0) is 4.74 Å². The smallest absolute Gasteiger partial charge is 0.255 e. The van der Waals surface area contributed by atoms with Gasteiger partial charge < -0.3 is 24.8 Å². The molecule has 7 heteroatoms. The Morgan fingerprint density at radius 2 is 1.89 bits per heavy atom. The molecule has 0 radical (unpaired) electrons. The Morgan fingerprint density at radius 1 is 1.08 bits per heavy atom. The average Bonchev–Trinajstić information content (AvgIpc) is 3.40. The van der Waals surface area contributed by atoms with Crippen molar-refractivity contribution in [3.05, 3.63) is 52.5 Å². The summed E-state index contributed by atoms with van der Waals surface area (Å²) in [6, 6.07) is 7.72. The number of likely N-dealkylation sites (N-methyl/N-ethyl adjacent to an activating group) is 1. The van der Waals surface area contributed by atoms with E-state index in [2.05, 4.69) is 24.1 Å². The van der Waals surface area contributed by atoms with Crippen molar-refractivity contribution in [2.45, 2.75) is 87.0 Å². The van der Waals surface area contributed by atoms with Crippen molar-refractivity contribution in [2.24, 2.45) is 17.3 Å². The van der Waals surface area contributed by atoms with E-state index >= 15 is 4.39 Å². The van der Waals surface area contributed by atoms with Crippen LogP contribution in [0.2, 0.25) is 0 Å². The predicted molar refractivity (Wildman–Crippen MR) is 140 cm³/mol. The van der Waals surface area contributed by atoms with E-state index < -0.39 is 35.0 Å². The summed E-state index contributed by atoms with van der Waals surface area (Å²) in [4.78, 5) is 16.9. The number of aromatic amines is 1. The minimum Gasteiger partial charge on any atom is -0.390 e. The number of hydrogen-bond acceptors (Lipinski definition) is 5. The lowest BCUT2D eigenvalue weighted by Gasteiger charge is -2.64. The van der Waals surface area contributed by atoms with Crippen molar-refractivity contribution in [3.8, 4) is 0 Å². The van der Waals surface area contributed by atoms with Gasteiger partial charge in [-0.15, -0.1) is 0 Å². The van der Waals surface area contributed by atoms with Gasteiger partial charge in [0, 0.05) is 29.5 Å². The van der Waals surface area contributed by atoms with Crippen LogP contribution < -0.4 is 5.56 Å². The van der Waals surface area contributed by atoms with E-state index in [0.717, 1.165) is 23.8 Å². The number of ether oxygens (including phenoxy) is 1. The van der Waals surface area contributed by atoms with Crippen LogP contribution in [0.3, 0.4) is 0 Å². The van der Waals surface area contributed by atoms with Crippen LogP contribution in [0.4, 0.5) is 4.39 Å². The van der Waals surface area contributed by atoms with E-state index in [-0.39, 0.29) is 29.4 Å². The van der Waals surface area contributed by atoms with E-state index in [1.165, 1.54) is 5.57 Å². The second kappa shape index (κ2) is 7.53. The molecule has 2 saturated heterocycles. The zero-order valence-electron chi connectivity index (χ0n) is 21.8.